The van der Waals surface area contributed by atoms with Crippen LogP contribution >= 0.6 is 0 Å². The largest absolute Gasteiger partial charge is 0.383 e. The van der Waals surface area contributed by atoms with Crippen LogP contribution in [0.2, 0.25) is 0 Å². The minimum absolute atomic E-state index is 0.163. The Kier molecular flexibility index (Phi) is 4.36. The van der Waals surface area contributed by atoms with Crippen molar-refractivity contribution in [2.24, 2.45) is 0 Å². The number of aromatic nitrogens is 1. The number of hydrogen-bond donors (Lipinski definition) is 1. The maximum Gasteiger partial charge on any atom is 0.0641 e. The Morgan fingerprint density at radius 1 is 1.40 bits per heavy atom. The van der Waals surface area contributed by atoms with Crippen molar-refractivity contribution in [3.63, 3.8) is 0 Å². The van der Waals surface area contributed by atoms with Gasteiger partial charge >= 0.3 is 0 Å². The maximum atomic E-state index is 5.07. The van der Waals surface area contributed by atoms with E-state index < -0.39 is 0 Å². The van der Waals surface area contributed by atoms with Crippen molar-refractivity contribution in [3.8, 4) is 0 Å². The van der Waals surface area contributed by atoms with Gasteiger partial charge in [0.05, 0.1) is 6.61 Å². The van der Waals surface area contributed by atoms with E-state index in [1.807, 2.05) is 0 Å². The fourth-order valence-electron chi connectivity index (χ4n) is 1.37. The molecule has 0 aliphatic carbocycles. The minimum Gasteiger partial charge on any atom is -0.383 e. The van der Waals surface area contributed by atoms with Gasteiger partial charge in [-0.25, -0.2) is 0 Å². The van der Waals surface area contributed by atoms with E-state index in [1.165, 1.54) is 5.69 Å². The van der Waals surface area contributed by atoms with E-state index in [0.717, 1.165) is 19.7 Å². The number of methoxy groups -OCH3 is 1. The Balaban J connectivity index is 2.50. The second-order valence-corrected chi connectivity index (χ2v) is 4.79. The van der Waals surface area contributed by atoms with Crippen LogP contribution in [-0.4, -0.2) is 23.8 Å². The normalized spacial score (nSPS) is 12.0. The van der Waals surface area contributed by atoms with E-state index in [1.54, 1.807) is 7.11 Å². The third kappa shape index (κ3) is 4.49. The maximum absolute atomic E-state index is 5.07. The van der Waals surface area contributed by atoms with E-state index in [4.69, 9.17) is 4.74 Å². The van der Waals surface area contributed by atoms with Gasteiger partial charge in [-0.3, -0.25) is 0 Å². The zero-order chi connectivity index (χ0) is 11.3. The van der Waals surface area contributed by atoms with Gasteiger partial charge in [-0.2, -0.15) is 0 Å². The summed E-state index contributed by atoms with van der Waals surface area (Å²) in [4.78, 5) is 0. The fourth-order valence-corrected chi connectivity index (χ4v) is 1.37. The summed E-state index contributed by atoms with van der Waals surface area (Å²) in [6, 6.07) is 4.23. The Morgan fingerprint density at radius 3 is 2.73 bits per heavy atom. The van der Waals surface area contributed by atoms with E-state index in [2.05, 4.69) is 49.0 Å². The zero-order valence-electron chi connectivity index (χ0n) is 10.2. The predicted molar refractivity (Wildman–Crippen MR) is 62.9 cm³/mol. The summed E-state index contributed by atoms with van der Waals surface area (Å²) in [5.74, 6) is 0. The lowest BCUT2D eigenvalue weighted by atomic mass is 10.1. The van der Waals surface area contributed by atoms with Crippen molar-refractivity contribution >= 4 is 0 Å². The third-order valence-electron chi connectivity index (χ3n) is 2.26. The molecule has 1 heterocycles. The fraction of sp³-hybridized carbons (Fsp3) is 0.667. The molecule has 0 saturated heterocycles. The highest BCUT2D eigenvalue weighted by Crippen LogP contribution is 2.05. The van der Waals surface area contributed by atoms with Crippen LogP contribution in [0.15, 0.2) is 18.3 Å². The molecule has 0 amide bonds. The van der Waals surface area contributed by atoms with Crippen molar-refractivity contribution < 1.29 is 4.74 Å². The molecule has 0 unspecified atom stereocenters. The molecule has 0 aliphatic rings. The molecule has 0 atom stereocenters. The molecule has 0 bridgehead atoms. The average molecular weight is 210 g/mol. The molecule has 15 heavy (non-hydrogen) atoms. The number of hydrogen-bond acceptors (Lipinski definition) is 2. The van der Waals surface area contributed by atoms with Gasteiger partial charge in [0.1, 0.15) is 0 Å². The summed E-state index contributed by atoms with van der Waals surface area (Å²) in [7, 11) is 1.73. The highest BCUT2D eigenvalue weighted by atomic mass is 16.5. The third-order valence-corrected chi connectivity index (χ3v) is 2.26. The van der Waals surface area contributed by atoms with E-state index in [9.17, 15) is 0 Å². The quantitative estimate of drug-likeness (QED) is 0.804. The average Bonchev–Trinajstić information content (AvgIpc) is 2.57. The molecule has 0 saturated carbocycles. The first-order valence-electron chi connectivity index (χ1n) is 5.41. The van der Waals surface area contributed by atoms with E-state index in [0.29, 0.717) is 0 Å². The Hall–Kier alpha value is -0.800. The van der Waals surface area contributed by atoms with Gasteiger partial charge in [0.2, 0.25) is 0 Å². The van der Waals surface area contributed by atoms with Gasteiger partial charge in [0.15, 0.2) is 0 Å². The molecule has 0 aliphatic heterocycles. The molecule has 1 N–H and O–H groups in total. The molecule has 86 valence electrons. The molecule has 1 aromatic rings. The van der Waals surface area contributed by atoms with E-state index >= 15 is 0 Å². The molecule has 1 aromatic heterocycles. The summed E-state index contributed by atoms with van der Waals surface area (Å²) < 4.78 is 7.30. The summed E-state index contributed by atoms with van der Waals surface area (Å²) in [5, 5.41) is 3.48. The molecule has 0 aromatic carbocycles. The number of ether oxygens (including phenoxy) is 1. The Labute approximate surface area is 92.4 Å². The Bertz CT molecular complexity index is 286. The van der Waals surface area contributed by atoms with Crippen molar-refractivity contribution in [3.05, 3.63) is 24.0 Å². The molecular weight excluding hydrogens is 188 g/mol. The Morgan fingerprint density at radius 2 is 2.13 bits per heavy atom. The summed E-state index contributed by atoms with van der Waals surface area (Å²) in [6.45, 7) is 9.11. The highest BCUT2D eigenvalue weighted by Gasteiger charge is 2.09. The molecule has 1 rings (SSSR count). The number of nitrogens with zero attached hydrogens (tertiary/aromatic N) is 1. The summed E-state index contributed by atoms with van der Waals surface area (Å²) >= 11 is 0. The van der Waals surface area contributed by atoms with Crippen LogP contribution in [0, 0.1) is 0 Å². The van der Waals surface area contributed by atoms with Gasteiger partial charge in [-0.1, -0.05) is 0 Å². The van der Waals surface area contributed by atoms with Crippen LogP contribution in [-0.2, 0) is 17.8 Å². The summed E-state index contributed by atoms with van der Waals surface area (Å²) in [6.07, 6.45) is 2.10. The lowest BCUT2D eigenvalue weighted by Crippen LogP contribution is -2.35. The summed E-state index contributed by atoms with van der Waals surface area (Å²) in [5.41, 5.74) is 1.47. The van der Waals surface area contributed by atoms with Gasteiger partial charge < -0.3 is 14.6 Å². The van der Waals surface area contributed by atoms with Crippen molar-refractivity contribution in [2.75, 3.05) is 13.7 Å². The molecule has 0 radical (unpaired) electrons. The van der Waals surface area contributed by atoms with Gasteiger partial charge in [-0.05, 0) is 32.9 Å². The molecule has 0 fully saturated rings. The molecule has 3 nitrogen and oxygen atoms in total. The second kappa shape index (κ2) is 5.33. The van der Waals surface area contributed by atoms with Crippen molar-refractivity contribution in [1.82, 2.24) is 9.88 Å². The zero-order valence-corrected chi connectivity index (χ0v) is 10.2. The van der Waals surface area contributed by atoms with Crippen LogP contribution in [0.25, 0.3) is 0 Å². The molecule has 0 spiro atoms. The topological polar surface area (TPSA) is 26.2 Å². The lowest BCUT2D eigenvalue weighted by molar-refractivity contribution is 0.186. The van der Waals surface area contributed by atoms with E-state index in [-0.39, 0.29) is 5.54 Å². The lowest BCUT2D eigenvalue weighted by Gasteiger charge is -2.21. The van der Waals surface area contributed by atoms with Crippen LogP contribution in [0.3, 0.4) is 0 Å². The standard InChI is InChI=1S/C12H22N2O/c1-12(2,3)13-10-11-6-5-7-14(11)8-9-15-4/h5-7,13H,8-10H2,1-4H3. The highest BCUT2D eigenvalue weighted by molar-refractivity contribution is 5.07. The first kappa shape index (κ1) is 12.3. The molecule has 3 heteroatoms. The minimum atomic E-state index is 0.163. The predicted octanol–water partition coefficient (Wildman–Crippen LogP) is 2.02. The van der Waals surface area contributed by atoms with Crippen molar-refractivity contribution in [2.45, 2.75) is 39.4 Å². The number of nitrogens with one attached hydrogen (secondary N) is 1. The molecular formula is C12H22N2O. The van der Waals surface area contributed by atoms with Crippen LogP contribution in [0.4, 0.5) is 0 Å². The van der Waals surface area contributed by atoms with Gasteiger partial charge in [0, 0.05) is 37.6 Å². The van der Waals surface area contributed by atoms with Crippen LogP contribution in [0.1, 0.15) is 26.5 Å². The van der Waals surface area contributed by atoms with Crippen LogP contribution in [0.5, 0.6) is 0 Å². The van der Waals surface area contributed by atoms with Crippen molar-refractivity contribution in [1.29, 1.82) is 0 Å². The SMILES string of the molecule is COCCn1cccc1CNC(C)(C)C. The number of rotatable bonds is 5. The first-order valence-corrected chi connectivity index (χ1v) is 5.41. The monoisotopic (exact) mass is 210 g/mol. The smallest absolute Gasteiger partial charge is 0.0641 e. The first-order chi connectivity index (χ1) is 7.03. The van der Waals surface area contributed by atoms with Crippen LogP contribution < -0.4 is 5.32 Å². The van der Waals surface area contributed by atoms with Gasteiger partial charge in [0.25, 0.3) is 0 Å². The van der Waals surface area contributed by atoms with Gasteiger partial charge in [-0.15, -0.1) is 0 Å². The second-order valence-electron chi connectivity index (χ2n) is 4.79.